The van der Waals surface area contributed by atoms with Crippen LogP contribution in [0.1, 0.15) is 33.1 Å². The summed E-state index contributed by atoms with van der Waals surface area (Å²) in [6, 6.07) is 0.399. The Morgan fingerprint density at radius 2 is 1.89 bits per heavy atom. The van der Waals surface area contributed by atoms with Crippen molar-refractivity contribution in [3.8, 4) is 0 Å². The molecule has 2 heteroatoms. The molecule has 1 rings (SSSR count). The molecule has 1 fully saturated rings. The summed E-state index contributed by atoms with van der Waals surface area (Å²) >= 11 is 0. The lowest BCUT2D eigenvalue weighted by Gasteiger charge is -2.41. The quantitative estimate of drug-likeness (QED) is 0.606. The maximum Gasteiger partial charge on any atom is 0.00643 e. The van der Waals surface area contributed by atoms with Crippen LogP contribution in [-0.4, -0.2) is 6.04 Å². The second-order valence-corrected chi connectivity index (χ2v) is 3.30. The van der Waals surface area contributed by atoms with E-state index in [2.05, 4.69) is 13.8 Å². The highest BCUT2D eigenvalue weighted by molar-refractivity contribution is 5.85. The minimum atomic E-state index is 0. The van der Waals surface area contributed by atoms with Crippen LogP contribution in [0.3, 0.4) is 0 Å². The molecule has 0 amide bonds. The van der Waals surface area contributed by atoms with E-state index in [0.29, 0.717) is 11.5 Å². The fourth-order valence-corrected chi connectivity index (χ4v) is 1.19. The van der Waals surface area contributed by atoms with Gasteiger partial charge in [-0.05, 0) is 25.2 Å². The van der Waals surface area contributed by atoms with E-state index in [1.54, 1.807) is 0 Å². The van der Waals surface area contributed by atoms with Crippen LogP contribution in [0.2, 0.25) is 0 Å². The molecule has 0 bridgehead atoms. The third-order valence-electron chi connectivity index (χ3n) is 2.60. The highest BCUT2D eigenvalue weighted by atomic mass is 35.5. The highest BCUT2D eigenvalue weighted by Crippen LogP contribution is 2.42. The molecule has 0 aromatic rings. The maximum atomic E-state index is 5.73. The smallest absolute Gasteiger partial charge is 0.00643 e. The molecule has 0 aliphatic heterocycles. The Hall–Kier alpha value is 0.250. The third-order valence-corrected chi connectivity index (χ3v) is 2.60. The summed E-state index contributed by atoms with van der Waals surface area (Å²) in [5, 5.41) is 0. The van der Waals surface area contributed by atoms with Crippen LogP contribution in [0.5, 0.6) is 0 Å². The predicted molar refractivity (Wildman–Crippen MR) is 42.9 cm³/mol. The van der Waals surface area contributed by atoms with E-state index in [1.165, 1.54) is 19.3 Å². The maximum absolute atomic E-state index is 5.73. The van der Waals surface area contributed by atoms with Crippen LogP contribution < -0.4 is 5.73 Å². The van der Waals surface area contributed by atoms with Crippen LogP contribution in [0.15, 0.2) is 0 Å². The zero-order valence-corrected chi connectivity index (χ0v) is 7.00. The summed E-state index contributed by atoms with van der Waals surface area (Å²) in [5.41, 5.74) is 6.23. The fraction of sp³-hybridized carbons (Fsp3) is 1.00. The van der Waals surface area contributed by atoms with Gasteiger partial charge < -0.3 is 5.73 Å². The van der Waals surface area contributed by atoms with Crippen molar-refractivity contribution in [3.05, 3.63) is 0 Å². The minimum absolute atomic E-state index is 0. The van der Waals surface area contributed by atoms with E-state index in [0.717, 1.165) is 0 Å². The van der Waals surface area contributed by atoms with Gasteiger partial charge in [0.05, 0.1) is 0 Å². The zero-order chi connectivity index (χ0) is 6.20. The molecule has 0 unspecified atom stereocenters. The van der Waals surface area contributed by atoms with Crippen molar-refractivity contribution in [1.82, 2.24) is 0 Å². The molecule has 0 saturated heterocycles. The van der Waals surface area contributed by atoms with Crippen LogP contribution in [-0.2, 0) is 0 Å². The summed E-state index contributed by atoms with van der Waals surface area (Å²) in [7, 11) is 0. The Labute approximate surface area is 63.4 Å². The molecule has 1 nitrogen and oxygen atoms in total. The Balaban J connectivity index is 0.000000640. The minimum Gasteiger partial charge on any atom is -0.327 e. The van der Waals surface area contributed by atoms with Gasteiger partial charge in [0.1, 0.15) is 0 Å². The monoisotopic (exact) mass is 149 g/mol. The summed E-state index contributed by atoms with van der Waals surface area (Å²) in [5.74, 6) is 0. The van der Waals surface area contributed by atoms with Gasteiger partial charge in [0.15, 0.2) is 0 Å². The van der Waals surface area contributed by atoms with Crippen LogP contribution >= 0.6 is 12.4 Å². The molecule has 1 atom stereocenters. The molecule has 0 spiro atoms. The lowest BCUT2D eigenvalue weighted by atomic mass is 9.66. The van der Waals surface area contributed by atoms with Crippen molar-refractivity contribution in [1.29, 1.82) is 0 Å². The van der Waals surface area contributed by atoms with Crippen molar-refractivity contribution in [2.24, 2.45) is 11.1 Å². The van der Waals surface area contributed by atoms with Gasteiger partial charge in [-0.25, -0.2) is 0 Å². The van der Waals surface area contributed by atoms with E-state index in [-0.39, 0.29) is 12.4 Å². The normalized spacial score (nSPS) is 25.7. The molecule has 0 aromatic heterocycles. The second kappa shape index (κ2) is 2.89. The van der Waals surface area contributed by atoms with Gasteiger partial charge in [-0.1, -0.05) is 13.3 Å². The van der Waals surface area contributed by atoms with E-state index in [1.807, 2.05) is 0 Å². The van der Waals surface area contributed by atoms with Gasteiger partial charge in [-0.15, -0.1) is 12.4 Å². The molecule has 0 heterocycles. The van der Waals surface area contributed by atoms with Crippen molar-refractivity contribution in [2.45, 2.75) is 39.2 Å². The average Bonchev–Trinajstić information content (AvgIpc) is 1.60. The highest BCUT2D eigenvalue weighted by Gasteiger charge is 2.34. The summed E-state index contributed by atoms with van der Waals surface area (Å²) < 4.78 is 0. The van der Waals surface area contributed by atoms with Gasteiger partial charge in [0.25, 0.3) is 0 Å². The van der Waals surface area contributed by atoms with E-state index in [4.69, 9.17) is 5.73 Å². The number of rotatable bonds is 1. The lowest BCUT2D eigenvalue weighted by molar-refractivity contribution is 0.128. The molecule has 0 radical (unpaired) electrons. The largest absolute Gasteiger partial charge is 0.327 e. The summed E-state index contributed by atoms with van der Waals surface area (Å²) in [6.07, 6.45) is 4.06. The Morgan fingerprint density at radius 3 is 1.89 bits per heavy atom. The molecule has 1 aliphatic carbocycles. The fourth-order valence-electron chi connectivity index (χ4n) is 1.19. The third kappa shape index (κ3) is 1.59. The number of halogens is 1. The first-order valence-electron chi connectivity index (χ1n) is 3.41. The van der Waals surface area contributed by atoms with E-state index < -0.39 is 0 Å². The van der Waals surface area contributed by atoms with Crippen molar-refractivity contribution in [2.75, 3.05) is 0 Å². The molecular formula is C7H16ClN. The SMILES string of the molecule is C[C@@H](N)C1(C)CCC1.Cl. The topological polar surface area (TPSA) is 26.0 Å². The Morgan fingerprint density at radius 1 is 1.44 bits per heavy atom. The van der Waals surface area contributed by atoms with Crippen molar-refractivity contribution in [3.63, 3.8) is 0 Å². The summed E-state index contributed by atoms with van der Waals surface area (Å²) in [4.78, 5) is 0. The molecule has 2 N–H and O–H groups in total. The van der Waals surface area contributed by atoms with Gasteiger partial charge in [-0.2, -0.15) is 0 Å². The average molecular weight is 150 g/mol. The molecule has 1 aliphatic rings. The van der Waals surface area contributed by atoms with Crippen LogP contribution in [0, 0.1) is 5.41 Å². The standard InChI is InChI=1S/C7H15N.ClH/c1-6(8)7(2)4-3-5-7;/h6H,3-5,8H2,1-2H3;1H/t6-;/m1./s1. The van der Waals surface area contributed by atoms with E-state index >= 15 is 0 Å². The predicted octanol–water partition coefficient (Wildman–Crippen LogP) is 1.95. The second-order valence-electron chi connectivity index (χ2n) is 3.30. The first-order valence-corrected chi connectivity index (χ1v) is 3.41. The first kappa shape index (κ1) is 9.25. The number of nitrogens with two attached hydrogens (primary N) is 1. The van der Waals surface area contributed by atoms with Gasteiger partial charge in [0, 0.05) is 6.04 Å². The zero-order valence-electron chi connectivity index (χ0n) is 6.18. The van der Waals surface area contributed by atoms with Crippen molar-refractivity contribution >= 4 is 12.4 Å². The Bertz CT molecular complexity index is 86.9. The van der Waals surface area contributed by atoms with Crippen LogP contribution in [0.25, 0.3) is 0 Å². The van der Waals surface area contributed by atoms with Gasteiger partial charge in [0.2, 0.25) is 0 Å². The molecule has 56 valence electrons. The lowest BCUT2D eigenvalue weighted by Crippen LogP contribution is -2.42. The number of hydrogen-bond donors (Lipinski definition) is 1. The summed E-state index contributed by atoms with van der Waals surface area (Å²) in [6.45, 7) is 4.39. The number of hydrogen-bond acceptors (Lipinski definition) is 1. The first-order chi connectivity index (χ1) is 3.65. The van der Waals surface area contributed by atoms with Gasteiger partial charge in [-0.3, -0.25) is 0 Å². The Kier molecular flexibility index (Phi) is 2.97. The van der Waals surface area contributed by atoms with Gasteiger partial charge >= 0.3 is 0 Å². The molecular weight excluding hydrogens is 134 g/mol. The van der Waals surface area contributed by atoms with Crippen molar-refractivity contribution < 1.29 is 0 Å². The molecule has 0 aromatic carbocycles. The van der Waals surface area contributed by atoms with Crippen LogP contribution in [0.4, 0.5) is 0 Å². The van der Waals surface area contributed by atoms with E-state index in [9.17, 15) is 0 Å². The molecule has 9 heavy (non-hydrogen) atoms. The molecule has 1 saturated carbocycles.